The van der Waals surface area contributed by atoms with Crippen LogP contribution in [0.25, 0.3) is 0 Å². The van der Waals surface area contributed by atoms with Gasteiger partial charge in [0.2, 0.25) is 5.91 Å². The number of carbonyl (C=O) groups excluding carboxylic acids is 1. The second-order valence-electron chi connectivity index (χ2n) is 6.39. The minimum atomic E-state index is -0.232. The fraction of sp³-hybridized carbons (Fsp3) is 0.562. The summed E-state index contributed by atoms with van der Waals surface area (Å²) in [4.78, 5) is 14.6. The zero-order valence-corrected chi connectivity index (χ0v) is 11.9. The lowest BCUT2D eigenvalue weighted by atomic mass is 10.1. The molecule has 1 N–H and O–H groups in total. The molecule has 19 heavy (non-hydrogen) atoms. The maximum atomic E-state index is 12.5. The van der Waals surface area contributed by atoms with Crippen molar-refractivity contribution in [3.8, 4) is 0 Å². The fourth-order valence-electron chi connectivity index (χ4n) is 2.87. The summed E-state index contributed by atoms with van der Waals surface area (Å²) in [7, 11) is 0. The molecule has 0 radical (unpaired) electrons. The molecule has 1 atom stereocenters. The van der Waals surface area contributed by atoms with Crippen LogP contribution in [0.5, 0.6) is 0 Å². The van der Waals surface area contributed by atoms with Crippen LogP contribution in [0.15, 0.2) is 24.3 Å². The predicted octanol–water partition coefficient (Wildman–Crippen LogP) is 2.61. The summed E-state index contributed by atoms with van der Waals surface area (Å²) in [5.74, 6) is 0.791. The summed E-state index contributed by atoms with van der Waals surface area (Å²) in [5, 5.41) is 3.56. The molecular formula is C16H22N2O. The van der Waals surface area contributed by atoms with E-state index in [1.54, 1.807) is 0 Å². The molecule has 0 aromatic heterocycles. The molecule has 1 aromatic rings. The van der Waals surface area contributed by atoms with E-state index in [1.165, 1.54) is 11.1 Å². The van der Waals surface area contributed by atoms with Crippen LogP contribution in [0.3, 0.4) is 0 Å². The van der Waals surface area contributed by atoms with Crippen molar-refractivity contribution < 1.29 is 4.79 Å². The van der Waals surface area contributed by atoms with Crippen LogP contribution in [-0.2, 0) is 4.79 Å². The van der Waals surface area contributed by atoms with Crippen molar-refractivity contribution in [3.05, 3.63) is 35.4 Å². The molecule has 0 bridgehead atoms. The van der Waals surface area contributed by atoms with Gasteiger partial charge in [-0.1, -0.05) is 43.7 Å². The van der Waals surface area contributed by atoms with Crippen LogP contribution in [0, 0.1) is 12.8 Å². The van der Waals surface area contributed by atoms with E-state index in [1.807, 2.05) is 4.90 Å². The second-order valence-corrected chi connectivity index (χ2v) is 6.39. The van der Waals surface area contributed by atoms with Crippen molar-refractivity contribution in [2.75, 3.05) is 6.54 Å². The summed E-state index contributed by atoms with van der Waals surface area (Å²) in [6.45, 7) is 7.24. The Hall–Kier alpha value is -1.35. The van der Waals surface area contributed by atoms with Gasteiger partial charge in [0.25, 0.3) is 0 Å². The largest absolute Gasteiger partial charge is 0.321 e. The Labute approximate surface area is 115 Å². The van der Waals surface area contributed by atoms with Crippen LogP contribution >= 0.6 is 0 Å². The van der Waals surface area contributed by atoms with Gasteiger partial charge in [-0.05, 0) is 31.2 Å². The van der Waals surface area contributed by atoms with Crippen LogP contribution in [-0.4, -0.2) is 22.9 Å². The Bertz CT molecular complexity index is 488. The van der Waals surface area contributed by atoms with E-state index >= 15 is 0 Å². The van der Waals surface area contributed by atoms with Crippen molar-refractivity contribution in [2.24, 2.45) is 5.92 Å². The highest BCUT2D eigenvalue weighted by molar-refractivity contribution is 5.92. The lowest BCUT2D eigenvalue weighted by Crippen LogP contribution is -2.34. The van der Waals surface area contributed by atoms with Gasteiger partial charge in [-0.3, -0.25) is 10.1 Å². The molecule has 1 amide bonds. The van der Waals surface area contributed by atoms with Gasteiger partial charge in [0.05, 0.1) is 0 Å². The summed E-state index contributed by atoms with van der Waals surface area (Å²) in [6.07, 6.45) is 2.03. The van der Waals surface area contributed by atoms with Crippen molar-refractivity contribution in [2.45, 2.75) is 45.3 Å². The minimum absolute atomic E-state index is 0.0537. The number of hydrogen-bond acceptors (Lipinski definition) is 2. The summed E-state index contributed by atoms with van der Waals surface area (Å²) in [5.41, 5.74) is 2.22. The number of amides is 1. The molecule has 1 heterocycles. The molecule has 1 aromatic carbocycles. The third-order valence-electron chi connectivity index (χ3n) is 4.10. The smallest absolute Gasteiger partial charge is 0.244 e. The number of nitrogens with one attached hydrogen (secondary N) is 1. The number of benzene rings is 1. The molecule has 1 saturated carbocycles. The average Bonchev–Trinajstić information content (AvgIpc) is 3.09. The molecule has 1 unspecified atom stereocenters. The molecule has 1 aliphatic carbocycles. The number of carbonyl (C=O) groups is 1. The van der Waals surface area contributed by atoms with Gasteiger partial charge in [-0.2, -0.15) is 0 Å². The van der Waals surface area contributed by atoms with Crippen molar-refractivity contribution >= 4 is 5.91 Å². The van der Waals surface area contributed by atoms with E-state index < -0.39 is 0 Å². The van der Waals surface area contributed by atoms with E-state index in [4.69, 9.17) is 0 Å². The lowest BCUT2D eigenvalue weighted by molar-refractivity contribution is -0.131. The van der Waals surface area contributed by atoms with Gasteiger partial charge in [0, 0.05) is 6.54 Å². The average molecular weight is 258 g/mol. The predicted molar refractivity (Wildman–Crippen MR) is 75.6 cm³/mol. The maximum Gasteiger partial charge on any atom is 0.244 e. The number of nitrogens with zero attached hydrogens (tertiary/aromatic N) is 1. The normalized spacial score (nSPS) is 24.5. The van der Waals surface area contributed by atoms with E-state index in [9.17, 15) is 4.79 Å². The molecule has 1 saturated heterocycles. The highest BCUT2D eigenvalue weighted by atomic mass is 16.2. The van der Waals surface area contributed by atoms with Gasteiger partial charge in [-0.25, -0.2) is 0 Å². The molecule has 102 valence electrons. The lowest BCUT2D eigenvalue weighted by Gasteiger charge is -2.26. The Morgan fingerprint density at radius 3 is 2.47 bits per heavy atom. The first-order valence-electron chi connectivity index (χ1n) is 7.17. The summed E-state index contributed by atoms with van der Waals surface area (Å²) >= 11 is 0. The topological polar surface area (TPSA) is 32.3 Å². The Kier molecular flexibility index (Phi) is 2.90. The minimum Gasteiger partial charge on any atom is -0.321 e. The third kappa shape index (κ3) is 2.16. The van der Waals surface area contributed by atoms with E-state index in [0.29, 0.717) is 11.8 Å². The van der Waals surface area contributed by atoms with Gasteiger partial charge in [-0.15, -0.1) is 0 Å². The van der Waals surface area contributed by atoms with Crippen LogP contribution < -0.4 is 5.32 Å². The highest BCUT2D eigenvalue weighted by Gasteiger charge is 2.59. The van der Waals surface area contributed by atoms with Crippen molar-refractivity contribution in [1.82, 2.24) is 10.2 Å². The molecule has 1 spiro atoms. The monoisotopic (exact) mass is 258 g/mol. The summed E-state index contributed by atoms with van der Waals surface area (Å²) < 4.78 is 0. The maximum absolute atomic E-state index is 12.5. The van der Waals surface area contributed by atoms with Crippen molar-refractivity contribution in [1.29, 1.82) is 0 Å². The Morgan fingerprint density at radius 2 is 1.95 bits per heavy atom. The first-order valence-corrected chi connectivity index (χ1v) is 7.17. The number of aryl methyl sites for hydroxylation is 1. The van der Waals surface area contributed by atoms with E-state index in [0.717, 1.165) is 19.4 Å². The molecule has 3 heteroatoms. The summed E-state index contributed by atoms with van der Waals surface area (Å²) in [6, 6.07) is 8.50. The van der Waals surface area contributed by atoms with Gasteiger partial charge >= 0.3 is 0 Å². The first kappa shape index (κ1) is 12.7. The number of rotatable bonds is 3. The first-order chi connectivity index (χ1) is 9.02. The Morgan fingerprint density at radius 1 is 1.32 bits per heavy atom. The van der Waals surface area contributed by atoms with E-state index in [2.05, 4.69) is 50.4 Å². The Balaban J connectivity index is 1.89. The van der Waals surface area contributed by atoms with Gasteiger partial charge in [0.15, 0.2) is 0 Å². The molecule has 2 fully saturated rings. The van der Waals surface area contributed by atoms with Gasteiger partial charge in [0.1, 0.15) is 11.7 Å². The second kappa shape index (κ2) is 4.34. The third-order valence-corrected chi connectivity index (χ3v) is 4.10. The zero-order valence-electron chi connectivity index (χ0n) is 11.9. The SMILES string of the molecule is Cc1ccc(C2NC3(CC3)C(=O)N2CC(C)C)cc1. The molecule has 2 aliphatic rings. The molecule has 1 aliphatic heterocycles. The zero-order chi connectivity index (χ0) is 13.6. The highest BCUT2D eigenvalue weighted by Crippen LogP contribution is 2.46. The van der Waals surface area contributed by atoms with Crippen LogP contribution in [0.2, 0.25) is 0 Å². The van der Waals surface area contributed by atoms with E-state index in [-0.39, 0.29) is 11.7 Å². The number of hydrogen-bond donors (Lipinski definition) is 1. The quantitative estimate of drug-likeness (QED) is 0.904. The fourth-order valence-corrected chi connectivity index (χ4v) is 2.87. The van der Waals surface area contributed by atoms with Gasteiger partial charge < -0.3 is 4.90 Å². The van der Waals surface area contributed by atoms with Crippen molar-refractivity contribution in [3.63, 3.8) is 0 Å². The molecular weight excluding hydrogens is 236 g/mol. The standard InChI is InChI=1S/C16H22N2O/c1-11(2)10-18-14(13-6-4-12(3)5-7-13)17-16(8-9-16)15(18)19/h4-7,11,14,17H,8-10H2,1-3H3. The van der Waals surface area contributed by atoms with Crippen LogP contribution in [0.4, 0.5) is 0 Å². The molecule has 3 nitrogen and oxygen atoms in total. The van der Waals surface area contributed by atoms with Crippen LogP contribution in [0.1, 0.15) is 44.0 Å². The molecule has 3 rings (SSSR count).